The molecule has 0 unspecified atom stereocenters. The van der Waals surface area contributed by atoms with Gasteiger partial charge in [-0.25, -0.2) is 4.79 Å². The van der Waals surface area contributed by atoms with Gasteiger partial charge in [0.1, 0.15) is 11.5 Å². The average molecular weight is 506 g/mol. The number of esters is 1. The van der Waals surface area contributed by atoms with Gasteiger partial charge in [-0.3, -0.25) is 4.79 Å². The zero-order valence-electron chi connectivity index (χ0n) is 18.7. The van der Waals surface area contributed by atoms with E-state index in [-0.39, 0.29) is 11.5 Å². The zero-order chi connectivity index (χ0) is 23.5. The van der Waals surface area contributed by atoms with Gasteiger partial charge in [-0.2, -0.15) is 0 Å². The molecule has 1 aliphatic heterocycles. The first kappa shape index (κ1) is 22.8. The van der Waals surface area contributed by atoms with Crippen LogP contribution in [0.2, 0.25) is 0 Å². The van der Waals surface area contributed by atoms with Gasteiger partial charge in [-0.15, -0.1) is 0 Å². The van der Waals surface area contributed by atoms with Crippen LogP contribution >= 0.6 is 15.9 Å². The van der Waals surface area contributed by atoms with E-state index in [1.807, 2.05) is 30.3 Å². The Hall–Kier alpha value is -3.38. The van der Waals surface area contributed by atoms with Crippen LogP contribution in [-0.4, -0.2) is 24.8 Å². The normalized spacial score (nSPS) is 13.6. The van der Waals surface area contributed by atoms with Gasteiger partial charge >= 0.3 is 5.97 Å². The number of Topliss-reactive ketones (excluding diaryl/α,β-unsaturated/α-hetero) is 1. The highest BCUT2D eigenvalue weighted by Crippen LogP contribution is 2.39. The molecule has 0 spiro atoms. The number of anilines is 1. The molecule has 1 aliphatic rings. The quantitative estimate of drug-likeness (QED) is 0.219. The number of allylic oxidation sites excluding steroid dienone is 1. The fourth-order valence-electron chi connectivity index (χ4n) is 3.78. The van der Waals surface area contributed by atoms with Crippen LogP contribution in [0, 0.1) is 6.92 Å². The highest BCUT2D eigenvalue weighted by Gasteiger charge is 2.30. The van der Waals surface area contributed by atoms with Crippen molar-refractivity contribution in [1.82, 2.24) is 0 Å². The lowest BCUT2D eigenvalue weighted by molar-refractivity contribution is 0.0732. The summed E-state index contributed by atoms with van der Waals surface area (Å²) in [6, 6.07) is 18.3. The van der Waals surface area contributed by atoms with E-state index in [1.54, 1.807) is 43.3 Å². The first-order chi connectivity index (χ1) is 15.9. The number of ketones is 1. The summed E-state index contributed by atoms with van der Waals surface area (Å²) in [6.45, 7) is 7.88. The molecule has 3 aromatic rings. The lowest BCUT2D eigenvalue weighted by atomic mass is 10.1. The smallest absolute Gasteiger partial charge is 0.344 e. The Bertz CT molecular complexity index is 1240. The third-order valence-electron chi connectivity index (χ3n) is 5.65. The molecule has 0 amide bonds. The van der Waals surface area contributed by atoms with Gasteiger partial charge in [0.2, 0.25) is 5.78 Å². The number of rotatable bonds is 6. The summed E-state index contributed by atoms with van der Waals surface area (Å²) in [5.74, 6) is 0.344. The van der Waals surface area contributed by atoms with Crippen LogP contribution in [0.15, 0.2) is 70.9 Å². The van der Waals surface area contributed by atoms with Gasteiger partial charge in [0.15, 0.2) is 5.76 Å². The van der Waals surface area contributed by atoms with E-state index in [0.717, 1.165) is 24.3 Å². The lowest BCUT2D eigenvalue weighted by Crippen LogP contribution is -2.21. The van der Waals surface area contributed by atoms with Crippen molar-refractivity contribution in [1.29, 1.82) is 0 Å². The Labute approximate surface area is 201 Å². The molecular formula is C27H24BrNO4. The summed E-state index contributed by atoms with van der Waals surface area (Å²) in [6.07, 6.45) is 1.74. The molecule has 0 bridgehead atoms. The number of hydrogen-bond donors (Lipinski definition) is 0. The minimum atomic E-state index is -0.487. The van der Waals surface area contributed by atoms with Crippen LogP contribution in [0.25, 0.3) is 6.08 Å². The van der Waals surface area contributed by atoms with Crippen molar-refractivity contribution in [2.75, 3.05) is 18.0 Å². The molecule has 33 heavy (non-hydrogen) atoms. The first-order valence-corrected chi connectivity index (χ1v) is 11.6. The molecule has 0 aliphatic carbocycles. The standard InChI is InChI=1S/C27H24BrNO4/c1-4-29(5-2)19-12-10-18(11-13-19)16-24-25(30)21-14-15-23(17(3)26(21)32-24)33-27(31)20-8-6-7-9-22(20)28/h6-16H,4-5H2,1-3H3/b24-16-. The second-order valence-electron chi connectivity index (χ2n) is 7.64. The minimum absolute atomic E-state index is 0.190. The second kappa shape index (κ2) is 9.63. The van der Waals surface area contributed by atoms with Crippen LogP contribution in [0.4, 0.5) is 5.69 Å². The number of nitrogens with zero attached hydrogens (tertiary/aromatic N) is 1. The summed E-state index contributed by atoms with van der Waals surface area (Å²) in [7, 11) is 0. The number of ether oxygens (including phenoxy) is 2. The fraction of sp³-hybridized carbons (Fsp3) is 0.185. The molecule has 0 saturated carbocycles. The van der Waals surface area contributed by atoms with Crippen molar-refractivity contribution in [3.8, 4) is 11.5 Å². The maximum absolute atomic E-state index is 12.9. The highest BCUT2D eigenvalue weighted by molar-refractivity contribution is 9.10. The molecular weight excluding hydrogens is 482 g/mol. The molecule has 0 fully saturated rings. The van der Waals surface area contributed by atoms with Crippen LogP contribution in [0.1, 0.15) is 45.7 Å². The van der Waals surface area contributed by atoms with Crippen LogP contribution < -0.4 is 14.4 Å². The average Bonchev–Trinajstić information content (AvgIpc) is 3.14. The number of carbonyl (C=O) groups is 2. The zero-order valence-corrected chi connectivity index (χ0v) is 20.3. The Kier molecular flexibility index (Phi) is 6.65. The number of benzene rings is 3. The Morgan fingerprint density at radius 1 is 1.03 bits per heavy atom. The van der Waals surface area contributed by atoms with E-state index in [1.165, 1.54) is 0 Å². The van der Waals surface area contributed by atoms with E-state index in [2.05, 4.69) is 34.7 Å². The van der Waals surface area contributed by atoms with E-state index in [0.29, 0.717) is 32.7 Å². The molecule has 1 heterocycles. The number of carbonyl (C=O) groups excluding carboxylic acids is 2. The predicted molar refractivity (Wildman–Crippen MR) is 133 cm³/mol. The molecule has 3 aromatic carbocycles. The summed E-state index contributed by atoms with van der Waals surface area (Å²) < 4.78 is 12.2. The maximum atomic E-state index is 12.9. The minimum Gasteiger partial charge on any atom is -0.452 e. The molecule has 168 valence electrons. The molecule has 0 atom stereocenters. The highest BCUT2D eigenvalue weighted by atomic mass is 79.9. The van der Waals surface area contributed by atoms with Crippen molar-refractivity contribution in [3.05, 3.63) is 93.1 Å². The van der Waals surface area contributed by atoms with Gasteiger partial charge in [-0.1, -0.05) is 24.3 Å². The molecule has 0 radical (unpaired) electrons. The van der Waals surface area contributed by atoms with Gasteiger partial charge in [-0.05, 0) is 84.7 Å². The van der Waals surface area contributed by atoms with Crippen molar-refractivity contribution < 1.29 is 19.1 Å². The van der Waals surface area contributed by atoms with Crippen molar-refractivity contribution in [3.63, 3.8) is 0 Å². The predicted octanol–water partition coefficient (Wildman–Crippen LogP) is 6.44. The largest absolute Gasteiger partial charge is 0.452 e. The molecule has 0 saturated heterocycles. The molecule has 0 aromatic heterocycles. The summed E-state index contributed by atoms with van der Waals surface area (Å²) in [5.41, 5.74) is 3.49. The Morgan fingerprint density at radius 3 is 2.39 bits per heavy atom. The number of fused-ring (bicyclic) bond motifs is 1. The van der Waals surface area contributed by atoms with Gasteiger partial charge in [0, 0.05) is 28.8 Å². The SMILES string of the molecule is CCN(CC)c1ccc(/C=C2\Oc3c(ccc(OC(=O)c4ccccc4Br)c3C)C2=O)cc1. The van der Waals surface area contributed by atoms with Crippen molar-refractivity contribution in [2.45, 2.75) is 20.8 Å². The monoisotopic (exact) mass is 505 g/mol. The summed E-state index contributed by atoms with van der Waals surface area (Å²) >= 11 is 3.37. The Balaban J connectivity index is 1.56. The fourth-order valence-corrected chi connectivity index (χ4v) is 4.23. The topological polar surface area (TPSA) is 55.8 Å². The van der Waals surface area contributed by atoms with Gasteiger partial charge in [0.05, 0.1) is 11.1 Å². The van der Waals surface area contributed by atoms with E-state index in [9.17, 15) is 9.59 Å². The molecule has 6 heteroatoms. The third-order valence-corrected chi connectivity index (χ3v) is 6.34. The molecule has 4 rings (SSSR count). The van der Waals surface area contributed by atoms with Gasteiger partial charge in [0.25, 0.3) is 0 Å². The maximum Gasteiger partial charge on any atom is 0.344 e. The van der Waals surface area contributed by atoms with E-state index >= 15 is 0 Å². The molecule has 5 nitrogen and oxygen atoms in total. The molecule has 0 N–H and O–H groups in total. The first-order valence-electron chi connectivity index (χ1n) is 10.8. The third kappa shape index (κ3) is 4.57. The Morgan fingerprint density at radius 2 is 1.73 bits per heavy atom. The number of hydrogen-bond acceptors (Lipinski definition) is 5. The van der Waals surface area contributed by atoms with Crippen LogP contribution in [-0.2, 0) is 0 Å². The second-order valence-corrected chi connectivity index (χ2v) is 8.49. The number of halogens is 1. The van der Waals surface area contributed by atoms with E-state index < -0.39 is 5.97 Å². The van der Waals surface area contributed by atoms with Crippen molar-refractivity contribution >= 4 is 39.4 Å². The van der Waals surface area contributed by atoms with E-state index in [4.69, 9.17) is 9.47 Å². The summed E-state index contributed by atoms with van der Waals surface area (Å²) in [5, 5.41) is 0. The van der Waals surface area contributed by atoms with Crippen molar-refractivity contribution in [2.24, 2.45) is 0 Å². The van der Waals surface area contributed by atoms with Gasteiger partial charge < -0.3 is 14.4 Å². The lowest BCUT2D eigenvalue weighted by Gasteiger charge is -2.20. The van der Waals surface area contributed by atoms with Crippen LogP contribution in [0.5, 0.6) is 11.5 Å². The summed E-state index contributed by atoms with van der Waals surface area (Å²) in [4.78, 5) is 27.8. The van der Waals surface area contributed by atoms with Crippen LogP contribution in [0.3, 0.4) is 0 Å².